The molecule has 0 spiro atoms. The highest BCUT2D eigenvalue weighted by Crippen LogP contribution is 2.27. The van der Waals surface area contributed by atoms with Gasteiger partial charge < -0.3 is 10.4 Å². The van der Waals surface area contributed by atoms with Crippen LogP contribution in [0.2, 0.25) is 10.0 Å². The summed E-state index contributed by atoms with van der Waals surface area (Å²) in [4.78, 5) is 0. The molecular formula is C14H20Cl2FNO. The average molecular weight is 308 g/mol. The summed E-state index contributed by atoms with van der Waals surface area (Å²) in [5.41, 5.74) is 0.751. The zero-order valence-electron chi connectivity index (χ0n) is 11.0. The number of alkyl halides is 1. The maximum atomic E-state index is 13.2. The second kappa shape index (κ2) is 8.75. The van der Waals surface area contributed by atoms with Gasteiger partial charge in [0.2, 0.25) is 0 Å². The van der Waals surface area contributed by atoms with Crippen LogP contribution in [0.25, 0.3) is 0 Å². The van der Waals surface area contributed by atoms with E-state index in [9.17, 15) is 9.50 Å². The Labute approximate surface area is 123 Å². The molecule has 0 heterocycles. The van der Waals surface area contributed by atoms with Crippen LogP contribution in [0.4, 0.5) is 4.39 Å². The number of benzene rings is 1. The first-order chi connectivity index (χ1) is 9.04. The summed E-state index contributed by atoms with van der Waals surface area (Å²) in [6.07, 6.45) is 1.29. The molecule has 0 saturated heterocycles. The molecule has 1 rings (SSSR count). The number of aliphatic hydroxyl groups is 1. The van der Waals surface area contributed by atoms with Crippen LogP contribution < -0.4 is 5.32 Å². The van der Waals surface area contributed by atoms with Gasteiger partial charge in [-0.2, -0.15) is 0 Å². The first-order valence-electron chi connectivity index (χ1n) is 6.46. The Morgan fingerprint density at radius 1 is 1.21 bits per heavy atom. The monoisotopic (exact) mass is 307 g/mol. The van der Waals surface area contributed by atoms with Crippen LogP contribution >= 0.6 is 23.2 Å². The van der Waals surface area contributed by atoms with Crippen molar-refractivity contribution in [3.05, 3.63) is 33.8 Å². The van der Waals surface area contributed by atoms with E-state index in [0.717, 1.165) is 18.4 Å². The molecule has 19 heavy (non-hydrogen) atoms. The maximum Gasteiger partial charge on any atom is 0.112 e. The summed E-state index contributed by atoms with van der Waals surface area (Å²) >= 11 is 11.7. The van der Waals surface area contributed by atoms with E-state index >= 15 is 0 Å². The molecule has 0 amide bonds. The zero-order chi connectivity index (χ0) is 14.3. The first kappa shape index (κ1) is 16.7. The first-order valence-corrected chi connectivity index (χ1v) is 7.22. The fourth-order valence-electron chi connectivity index (χ4n) is 1.91. The predicted molar refractivity (Wildman–Crippen MR) is 78.7 cm³/mol. The molecule has 0 aliphatic carbocycles. The lowest BCUT2D eigenvalue weighted by Crippen LogP contribution is -2.19. The number of halogens is 3. The van der Waals surface area contributed by atoms with Gasteiger partial charge in [-0.15, -0.1) is 0 Å². The predicted octanol–water partition coefficient (Wildman–Crippen LogP) is 4.14. The van der Waals surface area contributed by atoms with E-state index in [1.54, 1.807) is 25.2 Å². The fraction of sp³-hybridized carbons (Fsp3) is 0.571. The molecule has 2 nitrogen and oxygen atoms in total. The van der Waals surface area contributed by atoms with Gasteiger partial charge >= 0.3 is 0 Å². The Balaban J connectivity index is 2.31. The van der Waals surface area contributed by atoms with Gasteiger partial charge in [0.05, 0.1) is 16.1 Å². The van der Waals surface area contributed by atoms with E-state index < -0.39 is 12.3 Å². The fourth-order valence-corrected chi connectivity index (χ4v) is 2.22. The smallest absolute Gasteiger partial charge is 0.112 e. The number of aliphatic hydroxyl groups excluding tert-OH is 1. The third-order valence-electron chi connectivity index (χ3n) is 3.00. The Morgan fingerprint density at radius 3 is 2.53 bits per heavy atom. The lowest BCUT2D eigenvalue weighted by Gasteiger charge is -2.12. The summed E-state index contributed by atoms with van der Waals surface area (Å²) in [6.45, 7) is 0.384. The summed E-state index contributed by atoms with van der Waals surface area (Å²) in [7, 11) is 1.74. The minimum absolute atomic E-state index is 0.384. The standard InChI is InChI=1S/C14H20Cl2FNO/c1-18-9-11(17)4-2-3-5-14(19)10-6-7-12(15)13(16)8-10/h6-8,11,14,18-19H,2-5,9H2,1H3/t11-,14-/m1/s1. The van der Waals surface area contributed by atoms with Gasteiger partial charge in [0.1, 0.15) is 6.17 Å². The van der Waals surface area contributed by atoms with Crippen LogP contribution in [0.3, 0.4) is 0 Å². The number of nitrogens with one attached hydrogen (secondary N) is 1. The van der Waals surface area contributed by atoms with Gasteiger partial charge in [0.25, 0.3) is 0 Å². The van der Waals surface area contributed by atoms with Crippen LogP contribution in [0.5, 0.6) is 0 Å². The molecule has 2 atom stereocenters. The van der Waals surface area contributed by atoms with E-state index in [4.69, 9.17) is 23.2 Å². The van der Waals surface area contributed by atoms with Crippen molar-refractivity contribution in [2.75, 3.05) is 13.6 Å². The van der Waals surface area contributed by atoms with Gasteiger partial charge in [-0.1, -0.05) is 42.1 Å². The van der Waals surface area contributed by atoms with Crippen LogP contribution in [-0.2, 0) is 0 Å². The number of hydrogen-bond donors (Lipinski definition) is 2. The quantitative estimate of drug-likeness (QED) is 0.707. The molecule has 5 heteroatoms. The van der Waals surface area contributed by atoms with Crippen molar-refractivity contribution in [2.24, 2.45) is 0 Å². The molecule has 1 aromatic rings. The lowest BCUT2D eigenvalue weighted by atomic mass is 10.0. The zero-order valence-corrected chi connectivity index (χ0v) is 12.5. The maximum absolute atomic E-state index is 13.2. The molecule has 0 aliphatic rings. The van der Waals surface area contributed by atoms with Crippen molar-refractivity contribution >= 4 is 23.2 Å². The molecule has 0 aliphatic heterocycles. The topological polar surface area (TPSA) is 32.3 Å². The third-order valence-corrected chi connectivity index (χ3v) is 3.74. The minimum atomic E-state index is -0.813. The van der Waals surface area contributed by atoms with E-state index in [-0.39, 0.29) is 0 Å². The van der Waals surface area contributed by atoms with Crippen molar-refractivity contribution in [1.82, 2.24) is 5.32 Å². The van der Waals surface area contributed by atoms with Gasteiger partial charge in [-0.3, -0.25) is 0 Å². The molecule has 0 aromatic heterocycles. The van der Waals surface area contributed by atoms with Gasteiger partial charge in [0.15, 0.2) is 0 Å². The highest BCUT2D eigenvalue weighted by Gasteiger charge is 2.10. The summed E-state index contributed by atoms with van der Waals surface area (Å²) in [5.74, 6) is 0. The largest absolute Gasteiger partial charge is 0.388 e. The highest BCUT2D eigenvalue weighted by molar-refractivity contribution is 6.42. The molecule has 1 aromatic carbocycles. The highest BCUT2D eigenvalue weighted by atomic mass is 35.5. The second-order valence-corrected chi connectivity index (χ2v) is 5.44. The molecule has 0 radical (unpaired) electrons. The van der Waals surface area contributed by atoms with Crippen LogP contribution in [0.1, 0.15) is 37.4 Å². The van der Waals surface area contributed by atoms with Crippen molar-refractivity contribution in [3.63, 3.8) is 0 Å². The van der Waals surface area contributed by atoms with E-state index in [0.29, 0.717) is 29.4 Å². The number of unbranched alkanes of at least 4 members (excludes halogenated alkanes) is 1. The average Bonchev–Trinajstić information content (AvgIpc) is 2.38. The van der Waals surface area contributed by atoms with Crippen LogP contribution in [-0.4, -0.2) is 24.9 Å². The molecule has 2 N–H and O–H groups in total. The summed E-state index contributed by atoms with van der Waals surface area (Å²) in [5, 5.41) is 13.7. The van der Waals surface area contributed by atoms with E-state index in [1.807, 2.05) is 0 Å². The molecule has 0 bridgehead atoms. The number of rotatable bonds is 8. The Bertz CT molecular complexity index is 390. The summed E-state index contributed by atoms with van der Waals surface area (Å²) in [6, 6.07) is 5.11. The van der Waals surface area contributed by atoms with Gasteiger partial charge in [-0.05, 0) is 37.6 Å². The lowest BCUT2D eigenvalue weighted by molar-refractivity contribution is 0.161. The Hall–Kier alpha value is -0.350. The van der Waals surface area contributed by atoms with Crippen LogP contribution in [0, 0.1) is 0 Å². The number of hydrogen-bond acceptors (Lipinski definition) is 2. The Morgan fingerprint density at radius 2 is 1.89 bits per heavy atom. The van der Waals surface area contributed by atoms with E-state index in [2.05, 4.69) is 5.32 Å². The van der Waals surface area contributed by atoms with Crippen LogP contribution in [0.15, 0.2) is 18.2 Å². The minimum Gasteiger partial charge on any atom is -0.388 e. The second-order valence-electron chi connectivity index (χ2n) is 4.63. The third kappa shape index (κ3) is 6.09. The SMILES string of the molecule is CNC[C@H](F)CCCC[C@@H](O)c1ccc(Cl)c(Cl)c1. The molecule has 0 fully saturated rings. The molecular weight excluding hydrogens is 288 g/mol. The molecule has 0 unspecified atom stereocenters. The van der Waals surface area contributed by atoms with Gasteiger partial charge in [0, 0.05) is 6.54 Å². The van der Waals surface area contributed by atoms with Crippen molar-refractivity contribution in [1.29, 1.82) is 0 Å². The molecule has 108 valence electrons. The van der Waals surface area contributed by atoms with Gasteiger partial charge in [-0.25, -0.2) is 4.39 Å². The Kier molecular flexibility index (Phi) is 7.69. The van der Waals surface area contributed by atoms with Crippen molar-refractivity contribution in [3.8, 4) is 0 Å². The normalized spacial score (nSPS) is 14.4. The molecule has 0 saturated carbocycles. The summed E-state index contributed by atoms with van der Waals surface area (Å²) < 4.78 is 13.2. The van der Waals surface area contributed by atoms with Crippen molar-refractivity contribution in [2.45, 2.75) is 38.0 Å². The van der Waals surface area contributed by atoms with E-state index in [1.165, 1.54) is 0 Å². The van der Waals surface area contributed by atoms with Crippen molar-refractivity contribution < 1.29 is 9.50 Å².